The van der Waals surface area contributed by atoms with E-state index in [0.717, 1.165) is 23.4 Å². The number of nitrogens with zero attached hydrogens (tertiary/aromatic N) is 3. The van der Waals surface area contributed by atoms with Gasteiger partial charge in [-0.3, -0.25) is 0 Å². The van der Waals surface area contributed by atoms with Crippen molar-refractivity contribution in [1.29, 1.82) is 5.26 Å². The Morgan fingerprint density at radius 2 is 2.19 bits per heavy atom. The molecule has 110 valence electrons. The summed E-state index contributed by atoms with van der Waals surface area (Å²) in [6.07, 6.45) is 5.31. The summed E-state index contributed by atoms with van der Waals surface area (Å²) in [5.74, 6) is 1.19. The maximum absolute atomic E-state index is 9.04. The molecule has 5 heteroatoms. The molecular weight excluding hydrogens is 286 g/mol. The number of nitriles is 1. The van der Waals surface area contributed by atoms with Crippen LogP contribution >= 0.6 is 11.6 Å². The summed E-state index contributed by atoms with van der Waals surface area (Å²) in [6, 6.07) is 7.70. The first kappa shape index (κ1) is 14.4. The number of hydrogen-bond donors (Lipinski definition) is 0. The van der Waals surface area contributed by atoms with E-state index in [9.17, 15) is 0 Å². The molecule has 1 aliphatic rings. The Labute approximate surface area is 129 Å². The highest BCUT2D eigenvalue weighted by molar-refractivity contribution is 6.16. The first-order valence-electron chi connectivity index (χ1n) is 7.38. The van der Waals surface area contributed by atoms with Crippen LogP contribution in [0.5, 0.6) is 0 Å². The second-order valence-electron chi connectivity index (χ2n) is 5.41. The van der Waals surface area contributed by atoms with E-state index in [2.05, 4.69) is 15.6 Å². The van der Waals surface area contributed by atoms with Gasteiger partial charge in [0.05, 0.1) is 41.3 Å². The fourth-order valence-electron chi connectivity index (χ4n) is 2.96. The number of hydrogen-bond acceptors (Lipinski definition) is 3. The van der Waals surface area contributed by atoms with E-state index in [1.54, 1.807) is 6.07 Å². The quantitative estimate of drug-likeness (QED) is 0.793. The van der Waals surface area contributed by atoms with Crippen LogP contribution in [0.3, 0.4) is 0 Å². The molecule has 4 nitrogen and oxygen atoms in total. The minimum Gasteiger partial charge on any atom is -0.376 e. The summed E-state index contributed by atoms with van der Waals surface area (Å²) in [4.78, 5) is 4.52. The van der Waals surface area contributed by atoms with Crippen molar-refractivity contribution in [1.82, 2.24) is 9.55 Å². The van der Waals surface area contributed by atoms with Crippen LogP contribution in [0.2, 0.25) is 0 Å². The lowest BCUT2D eigenvalue weighted by molar-refractivity contribution is 0.0532. The Hall–Kier alpha value is -1.57. The zero-order valence-electron chi connectivity index (χ0n) is 11.9. The van der Waals surface area contributed by atoms with Crippen LogP contribution in [-0.4, -0.2) is 22.3 Å². The molecule has 1 heterocycles. The molecule has 1 aromatic carbocycles. The first-order valence-corrected chi connectivity index (χ1v) is 7.92. The molecule has 0 bridgehead atoms. The summed E-state index contributed by atoms with van der Waals surface area (Å²) in [6.45, 7) is 1.39. The number of imidazole rings is 1. The van der Waals surface area contributed by atoms with Crippen molar-refractivity contribution in [2.75, 3.05) is 6.61 Å². The molecule has 0 unspecified atom stereocenters. The van der Waals surface area contributed by atoms with Crippen LogP contribution in [0.25, 0.3) is 11.0 Å². The smallest absolute Gasteiger partial charge is 0.124 e. The van der Waals surface area contributed by atoms with Gasteiger partial charge >= 0.3 is 0 Å². The molecule has 0 N–H and O–H groups in total. The average Bonchev–Trinajstić information content (AvgIpc) is 3.14. The maximum atomic E-state index is 9.04. The SMILES string of the molecule is N#Cc1ccc2nc(CCl)n(CCOC3CCCC3)c2c1. The molecule has 1 aromatic heterocycles. The number of benzene rings is 1. The third-order valence-corrected chi connectivity index (χ3v) is 4.29. The second kappa shape index (κ2) is 6.46. The van der Waals surface area contributed by atoms with E-state index in [1.165, 1.54) is 25.7 Å². The van der Waals surface area contributed by atoms with Gasteiger partial charge < -0.3 is 9.30 Å². The van der Waals surface area contributed by atoms with Crippen molar-refractivity contribution in [2.24, 2.45) is 0 Å². The van der Waals surface area contributed by atoms with E-state index in [1.807, 2.05) is 12.1 Å². The zero-order chi connectivity index (χ0) is 14.7. The molecule has 3 rings (SSSR count). The third kappa shape index (κ3) is 3.04. The topological polar surface area (TPSA) is 50.8 Å². The Morgan fingerprint density at radius 3 is 2.90 bits per heavy atom. The number of aromatic nitrogens is 2. The lowest BCUT2D eigenvalue weighted by Crippen LogP contribution is -2.14. The van der Waals surface area contributed by atoms with Gasteiger partial charge in [-0.1, -0.05) is 12.8 Å². The van der Waals surface area contributed by atoms with Crippen LogP contribution < -0.4 is 0 Å². The van der Waals surface area contributed by atoms with Crippen LogP contribution in [0.1, 0.15) is 37.1 Å². The predicted octanol–water partition coefficient (Wildman–Crippen LogP) is 3.61. The van der Waals surface area contributed by atoms with Crippen LogP contribution in [-0.2, 0) is 17.2 Å². The number of alkyl halides is 1. The summed E-state index contributed by atoms with van der Waals surface area (Å²) >= 11 is 5.99. The molecule has 0 saturated heterocycles. The molecule has 1 aliphatic carbocycles. The Morgan fingerprint density at radius 1 is 1.38 bits per heavy atom. The minimum absolute atomic E-state index is 0.361. The third-order valence-electron chi connectivity index (χ3n) is 4.05. The van der Waals surface area contributed by atoms with Gasteiger partial charge in [-0.2, -0.15) is 5.26 Å². The van der Waals surface area contributed by atoms with E-state index in [4.69, 9.17) is 21.6 Å². The van der Waals surface area contributed by atoms with Crippen LogP contribution in [0, 0.1) is 11.3 Å². The number of fused-ring (bicyclic) bond motifs is 1. The molecular formula is C16H18ClN3O. The number of halogens is 1. The van der Waals surface area contributed by atoms with Crippen molar-refractivity contribution in [2.45, 2.75) is 44.2 Å². The molecule has 21 heavy (non-hydrogen) atoms. The minimum atomic E-state index is 0.361. The van der Waals surface area contributed by atoms with Gasteiger partial charge in [0, 0.05) is 6.54 Å². The highest BCUT2D eigenvalue weighted by atomic mass is 35.5. The molecule has 0 atom stereocenters. The largest absolute Gasteiger partial charge is 0.376 e. The summed E-state index contributed by atoms with van der Waals surface area (Å²) < 4.78 is 7.99. The lowest BCUT2D eigenvalue weighted by atomic mass is 10.2. The van der Waals surface area contributed by atoms with E-state index in [0.29, 0.717) is 24.2 Å². The van der Waals surface area contributed by atoms with E-state index < -0.39 is 0 Å². The van der Waals surface area contributed by atoms with Crippen molar-refractivity contribution in [3.8, 4) is 6.07 Å². The maximum Gasteiger partial charge on any atom is 0.124 e. The fraction of sp³-hybridized carbons (Fsp3) is 0.500. The van der Waals surface area contributed by atoms with Gasteiger partial charge in [-0.15, -0.1) is 11.6 Å². The number of ether oxygens (including phenoxy) is 1. The highest BCUT2D eigenvalue weighted by Gasteiger charge is 2.16. The van der Waals surface area contributed by atoms with Crippen molar-refractivity contribution >= 4 is 22.6 Å². The summed E-state index contributed by atoms with van der Waals surface area (Å²) in [7, 11) is 0. The summed E-state index contributed by atoms with van der Waals surface area (Å²) in [5.41, 5.74) is 2.48. The highest BCUT2D eigenvalue weighted by Crippen LogP contribution is 2.22. The second-order valence-corrected chi connectivity index (χ2v) is 5.67. The first-order chi connectivity index (χ1) is 10.3. The average molecular weight is 304 g/mol. The standard InChI is InChI=1S/C16H18ClN3O/c17-10-16-19-14-6-5-12(11-18)9-15(14)20(16)7-8-21-13-3-1-2-4-13/h5-6,9,13H,1-4,7-8,10H2. The van der Waals surface area contributed by atoms with Gasteiger partial charge in [0.1, 0.15) is 5.82 Å². The van der Waals surface area contributed by atoms with Gasteiger partial charge in [-0.05, 0) is 31.0 Å². The Bertz CT molecular complexity index is 668. The van der Waals surface area contributed by atoms with Gasteiger partial charge in [0.25, 0.3) is 0 Å². The Kier molecular flexibility index (Phi) is 4.42. The van der Waals surface area contributed by atoms with Crippen molar-refractivity contribution < 1.29 is 4.74 Å². The van der Waals surface area contributed by atoms with E-state index in [-0.39, 0.29) is 0 Å². The number of rotatable bonds is 5. The molecule has 0 spiro atoms. The molecule has 1 fully saturated rings. The van der Waals surface area contributed by atoms with Crippen LogP contribution in [0.4, 0.5) is 0 Å². The van der Waals surface area contributed by atoms with Crippen molar-refractivity contribution in [3.63, 3.8) is 0 Å². The monoisotopic (exact) mass is 303 g/mol. The van der Waals surface area contributed by atoms with Gasteiger partial charge in [-0.25, -0.2) is 4.98 Å². The molecule has 0 amide bonds. The van der Waals surface area contributed by atoms with Gasteiger partial charge in [0.15, 0.2) is 0 Å². The normalized spacial score (nSPS) is 15.6. The lowest BCUT2D eigenvalue weighted by Gasteiger charge is -2.13. The van der Waals surface area contributed by atoms with Crippen LogP contribution in [0.15, 0.2) is 18.2 Å². The molecule has 2 aromatic rings. The molecule has 1 saturated carbocycles. The molecule has 0 aliphatic heterocycles. The fourth-order valence-corrected chi connectivity index (χ4v) is 3.16. The van der Waals surface area contributed by atoms with Gasteiger partial charge in [0.2, 0.25) is 0 Å². The zero-order valence-corrected chi connectivity index (χ0v) is 12.6. The van der Waals surface area contributed by atoms with E-state index >= 15 is 0 Å². The van der Waals surface area contributed by atoms with Crippen molar-refractivity contribution in [3.05, 3.63) is 29.6 Å². The molecule has 0 radical (unpaired) electrons. The predicted molar refractivity (Wildman–Crippen MR) is 82.2 cm³/mol. The Balaban J connectivity index is 1.79. The summed E-state index contributed by atoms with van der Waals surface area (Å²) in [5, 5.41) is 9.04.